The monoisotopic (exact) mass is 456 g/mol. The third-order valence-corrected chi connectivity index (χ3v) is 7.22. The van der Waals surface area contributed by atoms with Gasteiger partial charge in [0, 0.05) is 55.4 Å². The Balaban J connectivity index is 1.54. The number of halogens is 1. The number of nitriles is 2. The van der Waals surface area contributed by atoms with Gasteiger partial charge in [0.2, 0.25) is 0 Å². The zero-order chi connectivity index (χ0) is 22.9. The smallest absolute Gasteiger partial charge is 0.149 e. The highest BCUT2D eigenvalue weighted by molar-refractivity contribution is 6.30. The molecular formula is C26H25ClN6. The Kier molecular flexibility index (Phi) is 5.81. The predicted molar refractivity (Wildman–Crippen MR) is 132 cm³/mol. The van der Waals surface area contributed by atoms with E-state index in [0.29, 0.717) is 18.5 Å². The van der Waals surface area contributed by atoms with Crippen LogP contribution in [-0.4, -0.2) is 49.2 Å². The molecule has 1 fully saturated rings. The number of fused-ring (bicyclic) bond motifs is 2. The highest BCUT2D eigenvalue weighted by Crippen LogP contribution is 2.37. The molecule has 0 amide bonds. The normalized spacial score (nSPS) is 18.6. The molecule has 2 aromatic carbocycles. The molecule has 0 spiro atoms. The van der Waals surface area contributed by atoms with Gasteiger partial charge in [0.15, 0.2) is 0 Å². The minimum atomic E-state index is 0.159. The van der Waals surface area contributed by atoms with E-state index in [4.69, 9.17) is 16.6 Å². The molecule has 7 heteroatoms. The van der Waals surface area contributed by atoms with Crippen molar-refractivity contribution >= 4 is 33.9 Å². The fourth-order valence-electron chi connectivity index (χ4n) is 5.11. The number of piperazine rings is 1. The van der Waals surface area contributed by atoms with E-state index in [0.717, 1.165) is 49.5 Å². The lowest BCUT2D eigenvalue weighted by Crippen LogP contribution is -2.52. The van der Waals surface area contributed by atoms with E-state index >= 15 is 0 Å². The van der Waals surface area contributed by atoms with Crippen molar-refractivity contribution in [3.8, 4) is 12.1 Å². The molecule has 0 N–H and O–H groups in total. The second kappa shape index (κ2) is 8.90. The van der Waals surface area contributed by atoms with Crippen molar-refractivity contribution in [3.63, 3.8) is 0 Å². The molecule has 0 bridgehead atoms. The number of hydrogen-bond donors (Lipinski definition) is 0. The summed E-state index contributed by atoms with van der Waals surface area (Å²) in [5.74, 6) is 0.877. The maximum atomic E-state index is 9.90. The number of benzene rings is 2. The Morgan fingerprint density at radius 2 is 1.85 bits per heavy atom. The van der Waals surface area contributed by atoms with E-state index in [-0.39, 0.29) is 11.2 Å². The van der Waals surface area contributed by atoms with Gasteiger partial charge in [0.25, 0.3) is 0 Å². The number of nitrogens with zero attached hydrogens (tertiary/aromatic N) is 6. The zero-order valence-corrected chi connectivity index (χ0v) is 19.4. The molecule has 2 aliphatic rings. The minimum absolute atomic E-state index is 0.159. The maximum absolute atomic E-state index is 9.90. The summed E-state index contributed by atoms with van der Waals surface area (Å²) in [4.78, 5) is 11.5. The van der Waals surface area contributed by atoms with E-state index in [2.05, 4.69) is 76.4 Å². The number of anilines is 2. The summed E-state index contributed by atoms with van der Waals surface area (Å²) >= 11 is 6.56. The van der Waals surface area contributed by atoms with Crippen LogP contribution >= 0.6 is 11.6 Å². The van der Waals surface area contributed by atoms with Crippen LogP contribution in [0, 0.1) is 22.7 Å². The Morgan fingerprint density at radius 3 is 2.67 bits per heavy atom. The fourth-order valence-corrected chi connectivity index (χ4v) is 5.35. The quantitative estimate of drug-likeness (QED) is 0.545. The van der Waals surface area contributed by atoms with Crippen molar-refractivity contribution in [1.82, 2.24) is 9.88 Å². The Morgan fingerprint density at radius 1 is 1.03 bits per heavy atom. The molecule has 1 saturated heterocycles. The lowest BCUT2D eigenvalue weighted by Gasteiger charge is -2.41. The van der Waals surface area contributed by atoms with Gasteiger partial charge in [-0.05, 0) is 30.5 Å². The average Bonchev–Trinajstić information content (AvgIpc) is 2.84. The third kappa shape index (κ3) is 3.86. The molecule has 3 heterocycles. The lowest BCUT2D eigenvalue weighted by molar-refractivity contribution is 0.220. The van der Waals surface area contributed by atoms with Crippen LogP contribution in [0.5, 0.6) is 0 Å². The summed E-state index contributed by atoms with van der Waals surface area (Å²) < 4.78 is 0. The van der Waals surface area contributed by atoms with Crippen LogP contribution in [0.15, 0.2) is 42.5 Å². The van der Waals surface area contributed by atoms with E-state index in [9.17, 15) is 10.5 Å². The summed E-state index contributed by atoms with van der Waals surface area (Å²) in [5, 5.41) is 21.8. The van der Waals surface area contributed by atoms with Gasteiger partial charge in [-0.2, -0.15) is 10.5 Å². The molecule has 33 heavy (non-hydrogen) atoms. The standard InChI is InChI=1S/C26H25ClN6/c1-31-13-14-33(16-19(31)9-11-28)26-21-10-12-32(17-23(21)22(15-29)25(27)30-26)24-8-4-6-18-5-2-3-7-20(18)24/h2-8,19H,9-10,12-14,16-17H2,1H3. The summed E-state index contributed by atoms with van der Waals surface area (Å²) in [7, 11) is 2.07. The molecular weight excluding hydrogens is 432 g/mol. The first-order valence-corrected chi connectivity index (χ1v) is 11.6. The molecule has 2 aliphatic heterocycles. The van der Waals surface area contributed by atoms with Crippen LogP contribution in [0.2, 0.25) is 5.15 Å². The molecule has 1 atom stereocenters. The van der Waals surface area contributed by atoms with Gasteiger partial charge in [0.05, 0.1) is 18.1 Å². The van der Waals surface area contributed by atoms with E-state index in [1.807, 2.05) is 0 Å². The van der Waals surface area contributed by atoms with Gasteiger partial charge in [-0.3, -0.25) is 4.90 Å². The topological polar surface area (TPSA) is 70.2 Å². The van der Waals surface area contributed by atoms with Gasteiger partial charge in [-0.15, -0.1) is 0 Å². The predicted octanol–water partition coefficient (Wildman–Crippen LogP) is 4.36. The van der Waals surface area contributed by atoms with Crippen LogP contribution in [0.1, 0.15) is 23.1 Å². The number of hydrogen-bond acceptors (Lipinski definition) is 6. The molecule has 1 unspecified atom stereocenters. The summed E-state index contributed by atoms with van der Waals surface area (Å²) in [6.07, 6.45) is 1.27. The van der Waals surface area contributed by atoms with Crippen molar-refractivity contribution < 1.29 is 0 Å². The average molecular weight is 457 g/mol. The second-order valence-corrected chi connectivity index (χ2v) is 9.14. The number of aromatic nitrogens is 1. The Labute approximate surface area is 199 Å². The van der Waals surface area contributed by atoms with Crippen LogP contribution in [-0.2, 0) is 13.0 Å². The van der Waals surface area contributed by atoms with Gasteiger partial charge in [0.1, 0.15) is 17.0 Å². The minimum Gasteiger partial charge on any atom is -0.366 e. The molecule has 0 aliphatic carbocycles. The summed E-state index contributed by atoms with van der Waals surface area (Å²) in [6, 6.07) is 19.5. The number of likely N-dealkylation sites (N-methyl/N-ethyl adjacent to an activating group) is 1. The molecule has 1 aromatic heterocycles. The van der Waals surface area contributed by atoms with Gasteiger partial charge in [-0.25, -0.2) is 4.98 Å². The van der Waals surface area contributed by atoms with E-state index in [1.54, 1.807) is 0 Å². The van der Waals surface area contributed by atoms with Crippen molar-refractivity contribution in [3.05, 3.63) is 64.3 Å². The summed E-state index contributed by atoms with van der Waals surface area (Å²) in [6.45, 7) is 3.89. The highest BCUT2D eigenvalue weighted by atomic mass is 35.5. The van der Waals surface area contributed by atoms with Crippen LogP contribution in [0.4, 0.5) is 11.5 Å². The molecule has 3 aromatic rings. The van der Waals surface area contributed by atoms with Crippen molar-refractivity contribution in [2.24, 2.45) is 0 Å². The number of pyridine rings is 1. The van der Waals surface area contributed by atoms with Crippen LogP contribution in [0.25, 0.3) is 10.8 Å². The fraction of sp³-hybridized carbons (Fsp3) is 0.346. The van der Waals surface area contributed by atoms with E-state index in [1.165, 1.54) is 16.5 Å². The van der Waals surface area contributed by atoms with Crippen molar-refractivity contribution in [1.29, 1.82) is 10.5 Å². The van der Waals surface area contributed by atoms with Gasteiger partial charge >= 0.3 is 0 Å². The van der Waals surface area contributed by atoms with Crippen LogP contribution in [0.3, 0.4) is 0 Å². The van der Waals surface area contributed by atoms with Gasteiger partial charge in [-0.1, -0.05) is 48.0 Å². The SMILES string of the molecule is CN1CCN(c2nc(Cl)c(C#N)c3c2CCN(c2cccc4ccccc24)C3)CC1CC#N. The van der Waals surface area contributed by atoms with Crippen molar-refractivity contribution in [2.45, 2.75) is 25.4 Å². The Hall–Kier alpha value is -3.32. The first-order chi connectivity index (χ1) is 16.1. The molecule has 166 valence electrons. The first-order valence-electron chi connectivity index (χ1n) is 11.3. The zero-order valence-electron chi connectivity index (χ0n) is 18.6. The van der Waals surface area contributed by atoms with Crippen LogP contribution < -0.4 is 9.80 Å². The molecule has 0 saturated carbocycles. The first kappa shape index (κ1) is 21.5. The Bertz CT molecular complexity index is 1290. The lowest BCUT2D eigenvalue weighted by atomic mass is 9.94. The number of rotatable bonds is 3. The summed E-state index contributed by atoms with van der Waals surface area (Å²) in [5.41, 5.74) is 3.74. The molecule has 5 rings (SSSR count). The highest BCUT2D eigenvalue weighted by Gasteiger charge is 2.31. The molecule has 6 nitrogen and oxygen atoms in total. The molecule has 0 radical (unpaired) electrons. The maximum Gasteiger partial charge on any atom is 0.149 e. The van der Waals surface area contributed by atoms with E-state index < -0.39 is 0 Å². The largest absolute Gasteiger partial charge is 0.366 e. The van der Waals surface area contributed by atoms with Gasteiger partial charge < -0.3 is 9.80 Å². The second-order valence-electron chi connectivity index (χ2n) is 8.78. The van der Waals surface area contributed by atoms with Crippen molar-refractivity contribution in [2.75, 3.05) is 43.0 Å². The third-order valence-electron chi connectivity index (χ3n) is 6.95.